The van der Waals surface area contributed by atoms with Crippen molar-refractivity contribution in [2.45, 2.75) is 77.2 Å². The molecule has 0 radical (unpaired) electrons. The fourth-order valence-corrected chi connectivity index (χ4v) is 3.14. The molecular formula is C21H36N5O2-. The molecule has 0 saturated carbocycles. The summed E-state index contributed by atoms with van der Waals surface area (Å²) in [6.45, 7) is 2.37. The lowest BCUT2D eigenvalue weighted by Gasteiger charge is -2.27. The number of hydrogen-bond acceptors (Lipinski definition) is 2. The number of H-pyrrole nitrogens is 1. The number of carbonyl (C=O) groups is 1. The van der Waals surface area contributed by atoms with E-state index in [2.05, 4.69) is 22.2 Å². The molecule has 1 atom stereocenters. The third-order valence-corrected chi connectivity index (χ3v) is 4.64. The Hall–Kier alpha value is -2.44. The first-order valence-corrected chi connectivity index (χ1v) is 10.4. The molecule has 1 aromatic heterocycles. The highest BCUT2D eigenvalue weighted by Gasteiger charge is 2.12. The summed E-state index contributed by atoms with van der Waals surface area (Å²) in [4.78, 5) is 18.3. The van der Waals surface area contributed by atoms with Crippen molar-refractivity contribution < 1.29 is 9.90 Å². The van der Waals surface area contributed by atoms with Gasteiger partial charge in [-0.15, -0.1) is 0 Å². The zero-order chi connectivity index (χ0) is 20.6. The van der Waals surface area contributed by atoms with Crippen LogP contribution < -0.4 is 11.5 Å². The van der Waals surface area contributed by atoms with Gasteiger partial charge in [-0.05, 0) is 18.0 Å². The Labute approximate surface area is 168 Å². The zero-order valence-electron chi connectivity index (χ0n) is 17.1. The van der Waals surface area contributed by atoms with Crippen molar-refractivity contribution in [3.63, 3.8) is 0 Å². The smallest absolute Gasteiger partial charge is 0.328 e. The molecule has 0 spiro atoms. The van der Waals surface area contributed by atoms with Crippen LogP contribution in [-0.2, 0) is 4.79 Å². The van der Waals surface area contributed by atoms with Crippen molar-refractivity contribution in [1.82, 2.24) is 4.98 Å². The molecule has 7 nitrogen and oxygen atoms in total. The maximum Gasteiger partial charge on any atom is 0.328 e. The Morgan fingerprint density at radius 3 is 2.36 bits per heavy atom. The molecule has 6 N–H and O–H groups in total. The number of aliphatic carboxylic acids is 1. The molecule has 0 aromatic carbocycles. The van der Waals surface area contributed by atoms with E-state index in [1.165, 1.54) is 51.0 Å². The summed E-state index contributed by atoms with van der Waals surface area (Å²) >= 11 is 0. The lowest BCUT2D eigenvalue weighted by molar-refractivity contribution is -0.131. The van der Waals surface area contributed by atoms with Gasteiger partial charge in [0.25, 0.3) is 0 Å². The van der Waals surface area contributed by atoms with Crippen LogP contribution in [-0.4, -0.2) is 34.6 Å². The van der Waals surface area contributed by atoms with Gasteiger partial charge in [-0.2, -0.15) is 0 Å². The third kappa shape index (κ3) is 11.3. The number of aromatic nitrogens is 1. The summed E-state index contributed by atoms with van der Waals surface area (Å²) < 4.78 is 0. The summed E-state index contributed by atoms with van der Waals surface area (Å²) in [5.74, 6) is -0.348. The van der Waals surface area contributed by atoms with Crippen molar-refractivity contribution in [1.29, 1.82) is 0 Å². The lowest BCUT2D eigenvalue weighted by atomic mass is 9.98. The van der Waals surface area contributed by atoms with Crippen LogP contribution in [0.1, 0.15) is 71.1 Å². The van der Waals surface area contributed by atoms with Crippen LogP contribution in [0.15, 0.2) is 35.0 Å². The quantitative estimate of drug-likeness (QED) is 0.142. The molecule has 0 fully saturated rings. The third-order valence-electron chi connectivity index (χ3n) is 4.64. The van der Waals surface area contributed by atoms with E-state index in [-0.39, 0.29) is 18.5 Å². The summed E-state index contributed by atoms with van der Waals surface area (Å²) in [6, 6.07) is 3.47. The fourth-order valence-electron chi connectivity index (χ4n) is 3.14. The Morgan fingerprint density at radius 1 is 1.18 bits per heavy atom. The summed E-state index contributed by atoms with van der Waals surface area (Å²) in [5, 5.41) is 13.9. The molecule has 0 unspecified atom stereocenters. The largest absolute Gasteiger partial charge is 0.478 e. The van der Waals surface area contributed by atoms with E-state index < -0.39 is 5.97 Å². The molecule has 0 saturated heterocycles. The average molecular weight is 391 g/mol. The van der Waals surface area contributed by atoms with E-state index in [4.69, 9.17) is 11.5 Å². The highest BCUT2D eigenvalue weighted by atomic mass is 16.4. The van der Waals surface area contributed by atoms with E-state index in [0.29, 0.717) is 5.57 Å². The van der Waals surface area contributed by atoms with E-state index in [1.54, 1.807) is 6.20 Å². The second-order valence-electron chi connectivity index (χ2n) is 7.12. The Morgan fingerprint density at radius 2 is 1.82 bits per heavy atom. The van der Waals surface area contributed by atoms with Gasteiger partial charge in [0, 0.05) is 6.08 Å². The number of carboxylic acid groups (broad SMARTS) is 1. The van der Waals surface area contributed by atoms with Gasteiger partial charge in [0.05, 0.1) is 6.54 Å². The number of guanidine groups is 1. The number of nitrogens with one attached hydrogen (secondary N) is 1. The molecule has 7 heteroatoms. The molecule has 1 heterocycles. The van der Waals surface area contributed by atoms with Crippen molar-refractivity contribution in [2.24, 2.45) is 16.5 Å². The monoisotopic (exact) mass is 390 g/mol. The normalized spacial score (nSPS) is 12.5. The predicted octanol–water partition coefficient (Wildman–Crippen LogP) is 4.59. The van der Waals surface area contributed by atoms with E-state index >= 15 is 0 Å². The van der Waals surface area contributed by atoms with Gasteiger partial charge < -0.3 is 26.9 Å². The second kappa shape index (κ2) is 14.6. The SMILES string of the molecule is CCCCCCCCCCC[C@@H]([N-]c1ccc[nH]1)/C(=C/C(=O)O)CN=C(N)N. The first kappa shape index (κ1) is 23.6. The number of aliphatic imine (C=N–C) groups is 1. The van der Waals surface area contributed by atoms with Crippen LogP contribution in [0.5, 0.6) is 0 Å². The molecule has 0 amide bonds. The molecule has 0 bridgehead atoms. The van der Waals surface area contributed by atoms with E-state index in [0.717, 1.165) is 25.1 Å². The summed E-state index contributed by atoms with van der Waals surface area (Å²) in [6.07, 6.45) is 14.9. The number of rotatable bonds is 16. The molecular weight excluding hydrogens is 354 g/mol. The van der Waals surface area contributed by atoms with Crippen molar-refractivity contribution in [3.05, 3.63) is 35.3 Å². The molecule has 1 aromatic rings. The number of nitrogens with two attached hydrogens (primary N) is 2. The van der Waals surface area contributed by atoms with Crippen molar-refractivity contribution in [3.8, 4) is 0 Å². The zero-order valence-corrected chi connectivity index (χ0v) is 17.1. The maximum atomic E-state index is 11.2. The minimum absolute atomic E-state index is 0.0574. The average Bonchev–Trinajstić information content (AvgIpc) is 3.15. The van der Waals surface area contributed by atoms with Gasteiger partial charge in [0.15, 0.2) is 5.96 Å². The van der Waals surface area contributed by atoms with Gasteiger partial charge in [-0.3, -0.25) is 0 Å². The Bertz CT molecular complexity index is 592. The second-order valence-corrected chi connectivity index (χ2v) is 7.12. The standard InChI is InChI=1S/C21H36N5O2/c1-2-3-4-5-6-7-8-9-10-12-18(26-19-13-11-14-24-19)17(15-20(27)28)16-25-21(22)23/h11,13-15,18,24H,2-10,12,16H2,1H3,(H,27,28)(H4,22,23,25)/q-1/b17-15+/t18-/m1/s1. The molecule has 28 heavy (non-hydrogen) atoms. The number of nitrogens with zero attached hydrogens (tertiary/aromatic N) is 2. The highest BCUT2D eigenvalue weighted by molar-refractivity contribution is 5.81. The minimum Gasteiger partial charge on any atom is -0.478 e. The van der Waals surface area contributed by atoms with Crippen LogP contribution in [0, 0.1) is 0 Å². The first-order chi connectivity index (χ1) is 13.5. The Balaban J connectivity index is 2.56. The van der Waals surface area contributed by atoms with Crippen LogP contribution in [0.3, 0.4) is 0 Å². The van der Waals surface area contributed by atoms with Crippen molar-refractivity contribution in [2.75, 3.05) is 6.54 Å². The van der Waals surface area contributed by atoms with Crippen molar-refractivity contribution >= 4 is 17.7 Å². The summed E-state index contributed by atoms with van der Waals surface area (Å²) in [7, 11) is 0. The van der Waals surface area contributed by atoms with E-state index in [9.17, 15) is 9.90 Å². The number of hydrogen-bond donors (Lipinski definition) is 4. The fraction of sp³-hybridized carbons (Fsp3) is 0.619. The van der Waals surface area contributed by atoms with Gasteiger partial charge in [-0.25, -0.2) is 9.79 Å². The molecule has 0 aliphatic heterocycles. The highest BCUT2D eigenvalue weighted by Crippen LogP contribution is 2.27. The predicted molar refractivity (Wildman–Crippen MR) is 116 cm³/mol. The summed E-state index contributed by atoms with van der Waals surface area (Å²) in [5.41, 5.74) is 11.5. The number of unbranched alkanes of at least 4 members (excludes halogenated alkanes) is 8. The molecule has 0 aliphatic carbocycles. The van der Waals surface area contributed by atoms with Crippen LogP contribution in [0.4, 0.5) is 5.82 Å². The van der Waals surface area contributed by atoms with Crippen LogP contribution in [0.25, 0.3) is 5.32 Å². The first-order valence-electron chi connectivity index (χ1n) is 10.4. The number of carboxylic acids is 1. The van der Waals surface area contributed by atoms with E-state index in [1.807, 2.05) is 12.1 Å². The van der Waals surface area contributed by atoms with Gasteiger partial charge in [-0.1, -0.05) is 88.9 Å². The topological polar surface area (TPSA) is 132 Å². The van der Waals surface area contributed by atoms with Gasteiger partial charge in [0.1, 0.15) is 0 Å². The Kier molecular flexibility index (Phi) is 12.3. The minimum atomic E-state index is -1.01. The molecule has 0 aliphatic rings. The maximum absolute atomic E-state index is 11.2. The lowest BCUT2D eigenvalue weighted by Crippen LogP contribution is -2.24. The van der Waals surface area contributed by atoms with Gasteiger partial charge >= 0.3 is 5.97 Å². The number of aromatic amines is 1. The molecule has 1 rings (SSSR count). The van der Waals surface area contributed by atoms with Crippen LogP contribution in [0.2, 0.25) is 0 Å². The molecule has 158 valence electrons. The van der Waals surface area contributed by atoms with Gasteiger partial charge in [0.2, 0.25) is 0 Å². The van der Waals surface area contributed by atoms with Crippen LogP contribution >= 0.6 is 0 Å².